The minimum absolute atomic E-state index is 0.0753. The summed E-state index contributed by atoms with van der Waals surface area (Å²) in [7, 11) is 0. The number of hydrogen-bond donors (Lipinski definition) is 2. The lowest BCUT2D eigenvalue weighted by molar-refractivity contribution is -0.165. The van der Waals surface area contributed by atoms with Gasteiger partial charge in [-0.3, -0.25) is 14.4 Å². The van der Waals surface area contributed by atoms with Crippen molar-refractivity contribution < 1.29 is 37.8 Å². The first-order valence-corrected chi connectivity index (χ1v) is 4.10. The predicted octanol–water partition coefficient (Wildman–Crippen LogP) is 0.103. The number of rotatable bonds is 6. The van der Waals surface area contributed by atoms with Gasteiger partial charge < -0.3 is 15.1 Å². The van der Waals surface area contributed by atoms with Crippen LogP contribution in [0.1, 0.15) is 0 Å². The molecule has 0 saturated heterocycles. The largest absolute Gasteiger partial charge is 0.480 e. The van der Waals surface area contributed by atoms with E-state index in [1.54, 1.807) is 0 Å². The van der Waals surface area contributed by atoms with Crippen molar-refractivity contribution in [3.05, 3.63) is 12.3 Å². The maximum Gasteiger partial charge on any atom is 0.454 e. The van der Waals surface area contributed by atoms with Crippen LogP contribution in [0.15, 0.2) is 12.3 Å². The number of carboxylic acids is 2. The minimum Gasteiger partial charge on any atom is -0.480 e. The van der Waals surface area contributed by atoms with Crippen molar-refractivity contribution in [3.8, 4) is 0 Å². The average molecular weight is 255 g/mol. The van der Waals surface area contributed by atoms with Crippen LogP contribution in [-0.4, -0.2) is 52.1 Å². The third-order valence-electron chi connectivity index (χ3n) is 1.39. The first-order chi connectivity index (χ1) is 7.62. The summed E-state index contributed by atoms with van der Waals surface area (Å²) in [4.78, 5) is 31.5. The summed E-state index contributed by atoms with van der Waals surface area (Å²) in [5.41, 5.74) is 0. The molecule has 0 fully saturated rings. The molecule has 96 valence electrons. The van der Waals surface area contributed by atoms with Gasteiger partial charge in [0.15, 0.2) is 0 Å². The molecule has 0 saturated carbocycles. The molecule has 0 aromatic rings. The van der Waals surface area contributed by atoms with E-state index < -0.39 is 37.0 Å². The fourth-order valence-electron chi connectivity index (χ4n) is 0.776. The number of alkyl halides is 3. The zero-order valence-corrected chi connectivity index (χ0v) is 8.27. The smallest absolute Gasteiger partial charge is 0.454 e. The van der Waals surface area contributed by atoms with Crippen LogP contribution in [0.4, 0.5) is 13.2 Å². The van der Waals surface area contributed by atoms with E-state index in [0.29, 0.717) is 11.1 Å². The summed E-state index contributed by atoms with van der Waals surface area (Å²) < 4.78 is 35.3. The second kappa shape index (κ2) is 5.87. The molecule has 0 aromatic heterocycles. The highest BCUT2D eigenvalue weighted by Crippen LogP contribution is 2.16. The Bertz CT molecular complexity index is 334. The molecule has 0 aliphatic carbocycles. The number of carbonyl (C=O) groups is 3. The van der Waals surface area contributed by atoms with Gasteiger partial charge in [-0.1, -0.05) is 0 Å². The van der Waals surface area contributed by atoms with E-state index in [1.165, 1.54) is 0 Å². The lowest BCUT2D eigenvalue weighted by Gasteiger charge is -2.14. The summed E-state index contributed by atoms with van der Waals surface area (Å²) >= 11 is 0. The lowest BCUT2D eigenvalue weighted by Crippen LogP contribution is -2.31. The van der Waals surface area contributed by atoms with Gasteiger partial charge in [0.1, 0.15) is 13.1 Å². The molecule has 0 unspecified atom stereocenters. The van der Waals surface area contributed by atoms with Crippen molar-refractivity contribution in [2.24, 2.45) is 0 Å². The highest BCUT2D eigenvalue weighted by molar-refractivity contribution is 5.94. The first-order valence-electron chi connectivity index (χ1n) is 4.10. The van der Waals surface area contributed by atoms with Gasteiger partial charge in [0.2, 0.25) is 0 Å². The molecule has 9 heteroatoms. The van der Waals surface area contributed by atoms with Gasteiger partial charge >= 0.3 is 18.1 Å². The number of allylic oxidation sites excluding steroid dienone is 1. The van der Waals surface area contributed by atoms with Gasteiger partial charge in [0.25, 0.3) is 5.78 Å². The van der Waals surface area contributed by atoms with Crippen molar-refractivity contribution in [3.63, 3.8) is 0 Å². The highest BCUT2D eigenvalue weighted by atomic mass is 19.4. The fraction of sp³-hybridized carbons (Fsp3) is 0.375. The number of halogens is 3. The van der Waals surface area contributed by atoms with Gasteiger partial charge in [0.05, 0.1) is 0 Å². The molecule has 17 heavy (non-hydrogen) atoms. The van der Waals surface area contributed by atoms with Gasteiger partial charge in [-0.2, -0.15) is 13.2 Å². The number of hydrogen-bond acceptors (Lipinski definition) is 4. The van der Waals surface area contributed by atoms with Crippen LogP contribution in [0.25, 0.3) is 0 Å². The molecule has 0 amide bonds. The summed E-state index contributed by atoms with van der Waals surface area (Å²) in [5, 5.41) is 16.7. The van der Waals surface area contributed by atoms with E-state index in [1.807, 2.05) is 0 Å². The van der Waals surface area contributed by atoms with Crippen LogP contribution in [0.2, 0.25) is 0 Å². The van der Waals surface area contributed by atoms with Crippen molar-refractivity contribution >= 4 is 17.7 Å². The Balaban J connectivity index is 4.62. The predicted molar refractivity (Wildman–Crippen MR) is 47.0 cm³/mol. The number of ketones is 1. The maximum absolute atomic E-state index is 11.8. The van der Waals surface area contributed by atoms with Gasteiger partial charge in [0, 0.05) is 12.3 Å². The highest BCUT2D eigenvalue weighted by Gasteiger charge is 2.36. The van der Waals surface area contributed by atoms with Crippen molar-refractivity contribution in [2.75, 3.05) is 13.1 Å². The van der Waals surface area contributed by atoms with Crippen LogP contribution < -0.4 is 0 Å². The van der Waals surface area contributed by atoms with Gasteiger partial charge in [-0.05, 0) is 0 Å². The van der Waals surface area contributed by atoms with E-state index in [2.05, 4.69) is 0 Å². The van der Waals surface area contributed by atoms with Gasteiger partial charge in [-0.25, -0.2) is 0 Å². The van der Waals surface area contributed by atoms with E-state index in [0.717, 1.165) is 0 Å². The zero-order chi connectivity index (χ0) is 13.6. The van der Waals surface area contributed by atoms with Crippen molar-refractivity contribution in [2.45, 2.75) is 6.18 Å². The maximum atomic E-state index is 11.8. The topological polar surface area (TPSA) is 94.9 Å². The van der Waals surface area contributed by atoms with E-state index in [4.69, 9.17) is 10.2 Å². The Labute approximate surface area is 92.9 Å². The van der Waals surface area contributed by atoms with Crippen LogP contribution in [0.5, 0.6) is 0 Å². The second-order valence-electron chi connectivity index (χ2n) is 2.87. The molecule has 0 rings (SSSR count). The normalized spacial score (nSPS) is 11.5. The molecule has 0 aromatic carbocycles. The molecule has 0 aliphatic heterocycles. The van der Waals surface area contributed by atoms with E-state index in [9.17, 15) is 27.6 Å². The Morgan fingerprint density at radius 1 is 1.06 bits per heavy atom. The molecule has 6 nitrogen and oxygen atoms in total. The Morgan fingerprint density at radius 2 is 1.47 bits per heavy atom. The molecule has 0 radical (unpaired) electrons. The quantitative estimate of drug-likeness (QED) is 0.654. The summed E-state index contributed by atoms with van der Waals surface area (Å²) in [6.45, 7) is -1.65. The van der Waals surface area contributed by atoms with E-state index >= 15 is 0 Å². The number of carboxylic acid groups (broad SMARTS) is 2. The summed E-state index contributed by atoms with van der Waals surface area (Å²) in [6, 6.07) is 0. The van der Waals surface area contributed by atoms with Crippen LogP contribution in [0, 0.1) is 0 Å². The van der Waals surface area contributed by atoms with Crippen molar-refractivity contribution in [1.82, 2.24) is 4.90 Å². The summed E-state index contributed by atoms with van der Waals surface area (Å²) in [5.74, 6) is -5.07. The third kappa shape index (κ3) is 6.93. The lowest BCUT2D eigenvalue weighted by atomic mass is 10.3. The molecule has 0 atom stereocenters. The third-order valence-corrected chi connectivity index (χ3v) is 1.39. The molecule has 0 aliphatic rings. The molecule has 0 heterocycles. The zero-order valence-electron chi connectivity index (χ0n) is 8.27. The van der Waals surface area contributed by atoms with E-state index in [-0.39, 0.29) is 6.08 Å². The van der Waals surface area contributed by atoms with Crippen LogP contribution in [0.3, 0.4) is 0 Å². The minimum atomic E-state index is -5.07. The standard InChI is InChI=1S/C8H8F3NO5/c9-8(10,11)5(13)1-2-12(3-6(14)15)4-7(16)17/h1-2H,3-4H2,(H,14,15)(H,16,17). The van der Waals surface area contributed by atoms with Crippen LogP contribution >= 0.6 is 0 Å². The molecule has 2 N–H and O–H groups in total. The number of aliphatic carboxylic acids is 2. The first kappa shape index (κ1) is 14.9. The molecule has 0 spiro atoms. The average Bonchev–Trinajstić information content (AvgIpc) is 2.10. The van der Waals surface area contributed by atoms with Crippen molar-refractivity contribution in [1.29, 1.82) is 0 Å². The summed E-state index contributed by atoms with van der Waals surface area (Å²) in [6.07, 6.45) is -4.52. The SMILES string of the molecule is O=C(O)CN(C=CC(=O)C(F)(F)F)CC(=O)O. The Morgan fingerprint density at radius 3 is 1.76 bits per heavy atom. The van der Waals surface area contributed by atoms with Gasteiger partial charge in [-0.15, -0.1) is 0 Å². The Kier molecular flexibility index (Phi) is 5.16. The monoisotopic (exact) mass is 255 g/mol. The second-order valence-corrected chi connectivity index (χ2v) is 2.87. The number of nitrogens with zero attached hydrogens (tertiary/aromatic N) is 1. The molecular formula is C8H8F3NO5. The number of carbonyl (C=O) groups excluding carboxylic acids is 1. The fourth-order valence-corrected chi connectivity index (χ4v) is 0.776. The van der Waals surface area contributed by atoms with Crippen LogP contribution in [-0.2, 0) is 14.4 Å². The Hall–Kier alpha value is -2.06. The molecule has 0 bridgehead atoms. The molecular weight excluding hydrogens is 247 g/mol.